The summed E-state index contributed by atoms with van der Waals surface area (Å²) in [5.74, 6) is 0.218. The van der Waals surface area contributed by atoms with Crippen LogP contribution in [0.4, 0.5) is 8.78 Å². The van der Waals surface area contributed by atoms with Crippen molar-refractivity contribution >= 4 is 15.9 Å². The van der Waals surface area contributed by atoms with Gasteiger partial charge in [0.05, 0.1) is 6.04 Å². The minimum absolute atomic E-state index is 0.0129. The van der Waals surface area contributed by atoms with Gasteiger partial charge in [-0.05, 0) is 38.6 Å². The average molecular weight is 344 g/mol. The Morgan fingerprint density at radius 3 is 2.25 bits per heavy atom. The number of rotatable bonds is 4. The Balaban J connectivity index is 2.57. The Kier molecular flexibility index (Phi) is 4.60. The Hall–Kier alpha value is -1.20. The van der Waals surface area contributed by atoms with E-state index in [1.807, 2.05) is 19.9 Å². The molecule has 0 bridgehead atoms. The molecule has 0 radical (unpaired) electrons. The highest BCUT2D eigenvalue weighted by Gasteiger charge is 2.25. The number of benzene rings is 1. The number of halogens is 3. The zero-order valence-electron chi connectivity index (χ0n) is 11.6. The van der Waals surface area contributed by atoms with Crippen molar-refractivity contribution in [3.05, 3.63) is 57.0 Å². The zero-order valence-corrected chi connectivity index (χ0v) is 13.1. The summed E-state index contributed by atoms with van der Waals surface area (Å²) in [6, 6.07) is 3.78. The summed E-state index contributed by atoms with van der Waals surface area (Å²) in [5, 5.41) is 3.12. The smallest absolute Gasteiger partial charge is 0.132 e. The van der Waals surface area contributed by atoms with E-state index < -0.39 is 17.7 Å². The molecule has 1 heterocycles. The van der Waals surface area contributed by atoms with Crippen molar-refractivity contribution in [3.63, 3.8) is 0 Å². The van der Waals surface area contributed by atoms with Crippen LogP contribution in [0.15, 0.2) is 27.1 Å². The predicted molar refractivity (Wildman–Crippen MR) is 77.8 cm³/mol. The molecule has 1 N–H and O–H groups in total. The van der Waals surface area contributed by atoms with Crippen LogP contribution in [0.3, 0.4) is 0 Å². The molecule has 5 heteroatoms. The van der Waals surface area contributed by atoms with Crippen LogP contribution < -0.4 is 5.32 Å². The quantitative estimate of drug-likeness (QED) is 0.874. The van der Waals surface area contributed by atoms with Crippen molar-refractivity contribution in [2.24, 2.45) is 0 Å². The van der Waals surface area contributed by atoms with Gasteiger partial charge in [0.1, 0.15) is 23.2 Å². The van der Waals surface area contributed by atoms with Gasteiger partial charge in [-0.2, -0.15) is 0 Å². The maximum atomic E-state index is 14.2. The molecule has 2 nitrogen and oxygen atoms in total. The summed E-state index contributed by atoms with van der Waals surface area (Å²) in [7, 11) is 0. The molecule has 0 fully saturated rings. The monoisotopic (exact) mass is 343 g/mol. The molecule has 0 aliphatic rings. The lowest BCUT2D eigenvalue weighted by molar-refractivity contribution is 0.482. The molecular weight excluding hydrogens is 328 g/mol. The second-order valence-electron chi connectivity index (χ2n) is 4.64. The topological polar surface area (TPSA) is 25.2 Å². The molecule has 1 aromatic carbocycles. The molecule has 2 aromatic rings. The van der Waals surface area contributed by atoms with Crippen molar-refractivity contribution in [1.29, 1.82) is 0 Å². The molecule has 2 rings (SSSR count). The number of nitrogens with one attached hydrogen (secondary N) is 1. The van der Waals surface area contributed by atoms with Gasteiger partial charge in [-0.1, -0.05) is 22.9 Å². The van der Waals surface area contributed by atoms with E-state index in [0.29, 0.717) is 16.8 Å². The second-order valence-corrected chi connectivity index (χ2v) is 5.56. The normalized spacial score (nSPS) is 12.7. The summed E-state index contributed by atoms with van der Waals surface area (Å²) in [5.41, 5.74) is 0.767. The van der Waals surface area contributed by atoms with Gasteiger partial charge in [0.2, 0.25) is 0 Å². The molecular formula is C15H16BrF2NO. The van der Waals surface area contributed by atoms with E-state index in [2.05, 4.69) is 21.2 Å². The summed E-state index contributed by atoms with van der Waals surface area (Å²) in [4.78, 5) is 0. The third-order valence-corrected chi connectivity index (χ3v) is 3.59. The first-order valence-corrected chi connectivity index (χ1v) is 7.18. The summed E-state index contributed by atoms with van der Waals surface area (Å²) < 4.78 is 34.2. The Morgan fingerprint density at radius 2 is 1.80 bits per heavy atom. The number of hydrogen-bond acceptors (Lipinski definition) is 2. The Morgan fingerprint density at radius 1 is 1.20 bits per heavy atom. The van der Waals surface area contributed by atoms with Gasteiger partial charge in [0.25, 0.3) is 0 Å². The molecule has 0 saturated heterocycles. The van der Waals surface area contributed by atoms with E-state index in [0.717, 1.165) is 11.3 Å². The lowest BCUT2D eigenvalue weighted by Crippen LogP contribution is -2.24. The van der Waals surface area contributed by atoms with Crippen LogP contribution in [0.5, 0.6) is 0 Å². The molecule has 0 amide bonds. The number of furan rings is 1. The maximum absolute atomic E-state index is 14.2. The van der Waals surface area contributed by atoms with Crippen LogP contribution in [0, 0.1) is 25.5 Å². The van der Waals surface area contributed by atoms with Crippen molar-refractivity contribution in [2.75, 3.05) is 6.54 Å². The van der Waals surface area contributed by atoms with Gasteiger partial charge in [0, 0.05) is 15.6 Å². The summed E-state index contributed by atoms with van der Waals surface area (Å²) in [6.45, 7) is 6.09. The Labute approximate surface area is 125 Å². The molecule has 0 saturated carbocycles. The van der Waals surface area contributed by atoms with Crippen LogP contribution in [-0.2, 0) is 0 Å². The van der Waals surface area contributed by atoms with E-state index in [-0.39, 0.29) is 5.56 Å². The molecule has 20 heavy (non-hydrogen) atoms. The van der Waals surface area contributed by atoms with Crippen LogP contribution in [0.1, 0.15) is 35.6 Å². The van der Waals surface area contributed by atoms with Crippen molar-refractivity contribution in [2.45, 2.75) is 26.8 Å². The lowest BCUT2D eigenvalue weighted by Gasteiger charge is -2.19. The average Bonchev–Trinajstić information content (AvgIpc) is 2.66. The highest BCUT2D eigenvalue weighted by molar-refractivity contribution is 9.10. The fourth-order valence-corrected chi connectivity index (χ4v) is 2.74. The molecule has 1 atom stereocenters. The van der Waals surface area contributed by atoms with Crippen LogP contribution >= 0.6 is 15.9 Å². The van der Waals surface area contributed by atoms with E-state index in [1.165, 1.54) is 12.1 Å². The third kappa shape index (κ3) is 2.94. The summed E-state index contributed by atoms with van der Waals surface area (Å²) in [6.07, 6.45) is 0. The highest BCUT2D eigenvalue weighted by atomic mass is 79.9. The van der Waals surface area contributed by atoms with E-state index in [9.17, 15) is 8.78 Å². The van der Waals surface area contributed by atoms with Gasteiger partial charge in [-0.3, -0.25) is 0 Å². The van der Waals surface area contributed by atoms with E-state index in [4.69, 9.17) is 4.42 Å². The maximum Gasteiger partial charge on any atom is 0.132 e. The van der Waals surface area contributed by atoms with Gasteiger partial charge in [-0.15, -0.1) is 0 Å². The molecule has 108 valence electrons. The molecule has 0 aliphatic heterocycles. The van der Waals surface area contributed by atoms with Gasteiger partial charge in [-0.25, -0.2) is 8.78 Å². The predicted octanol–water partition coefficient (Wildman–Crippen LogP) is 4.64. The van der Waals surface area contributed by atoms with Crippen molar-refractivity contribution in [1.82, 2.24) is 5.32 Å². The second kappa shape index (κ2) is 6.06. The SMILES string of the molecule is CCNC(c1cc(C)oc1C)c1c(F)cc(Br)cc1F. The fraction of sp³-hybridized carbons (Fsp3) is 0.333. The third-order valence-electron chi connectivity index (χ3n) is 3.13. The van der Waals surface area contributed by atoms with Crippen molar-refractivity contribution in [3.8, 4) is 0 Å². The first-order chi connectivity index (χ1) is 9.43. The minimum atomic E-state index is -0.582. The molecule has 1 unspecified atom stereocenters. The fourth-order valence-electron chi connectivity index (χ4n) is 2.34. The molecule has 0 aliphatic carbocycles. The highest BCUT2D eigenvalue weighted by Crippen LogP contribution is 2.32. The van der Waals surface area contributed by atoms with Gasteiger partial charge < -0.3 is 9.73 Å². The van der Waals surface area contributed by atoms with Gasteiger partial charge in [0.15, 0.2) is 0 Å². The first kappa shape index (κ1) is 15.2. The Bertz CT molecular complexity index is 601. The van der Waals surface area contributed by atoms with Gasteiger partial charge >= 0.3 is 0 Å². The molecule has 1 aromatic heterocycles. The lowest BCUT2D eigenvalue weighted by atomic mass is 9.97. The summed E-state index contributed by atoms with van der Waals surface area (Å²) >= 11 is 3.09. The standard InChI is InChI=1S/C15H16BrF2NO/c1-4-19-15(11-5-8(2)20-9(11)3)14-12(17)6-10(16)7-13(14)18/h5-7,15,19H,4H2,1-3H3. The van der Waals surface area contributed by atoms with E-state index in [1.54, 1.807) is 6.92 Å². The molecule has 0 spiro atoms. The van der Waals surface area contributed by atoms with E-state index >= 15 is 0 Å². The zero-order chi connectivity index (χ0) is 14.9. The van der Waals surface area contributed by atoms with Crippen molar-refractivity contribution < 1.29 is 13.2 Å². The minimum Gasteiger partial charge on any atom is -0.466 e. The van der Waals surface area contributed by atoms with Crippen LogP contribution in [0.2, 0.25) is 0 Å². The van der Waals surface area contributed by atoms with Crippen LogP contribution in [0.25, 0.3) is 0 Å². The number of hydrogen-bond donors (Lipinski definition) is 1. The number of aryl methyl sites for hydroxylation is 2. The first-order valence-electron chi connectivity index (χ1n) is 6.38. The largest absolute Gasteiger partial charge is 0.466 e. The van der Waals surface area contributed by atoms with Crippen LogP contribution in [-0.4, -0.2) is 6.54 Å².